The Morgan fingerprint density at radius 1 is 0.629 bits per heavy atom. The Balaban J connectivity index is 1.44. The number of aryl methyl sites for hydroxylation is 1. The van der Waals surface area contributed by atoms with Crippen LogP contribution in [0.4, 0.5) is 5.69 Å². The van der Waals surface area contributed by atoms with Crippen molar-refractivity contribution in [1.82, 2.24) is 5.10 Å². The van der Waals surface area contributed by atoms with E-state index in [1.165, 1.54) is 114 Å². The molecule has 0 saturated heterocycles. The van der Waals surface area contributed by atoms with Gasteiger partial charge in [0.15, 0.2) is 12.7 Å². The van der Waals surface area contributed by atoms with Crippen molar-refractivity contribution in [1.29, 1.82) is 0 Å². The highest BCUT2D eigenvalue weighted by molar-refractivity contribution is 5.69. The maximum Gasteiger partial charge on any atom is 0.196 e. The first-order valence-corrected chi connectivity index (χ1v) is 14.5. The van der Waals surface area contributed by atoms with Crippen LogP contribution in [0.15, 0.2) is 42.7 Å². The molecule has 0 unspecified atom stereocenters. The number of hydrogen-bond donors (Lipinski definition) is 0. The molecule has 0 amide bonds. The second-order valence-corrected chi connectivity index (χ2v) is 10.3. The zero-order valence-corrected chi connectivity index (χ0v) is 23.1. The minimum absolute atomic E-state index is 1.02. The van der Waals surface area contributed by atoms with Gasteiger partial charge in [0, 0.05) is 37.8 Å². The van der Waals surface area contributed by atoms with E-state index in [-0.39, 0.29) is 0 Å². The van der Waals surface area contributed by atoms with Crippen LogP contribution in [0.5, 0.6) is 0 Å². The second-order valence-electron chi connectivity index (χ2n) is 10.3. The van der Waals surface area contributed by atoms with E-state index in [1.807, 2.05) is 6.20 Å². The first-order chi connectivity index (χ1) is 17.2. The fourth-order valence-electron chi connectivity index (χ4n) is 4.52. The van der Waals surface area contributed by atoms with E-state index in [0.717, 1.165) is 12.1 Å². The maximum absolute atomic E-state index is 4.59. The number of nitrogens with zero attached hydrogens (tertiary/aromatic N) is 3. The molecular formula is C32H52N3+. The lowest BCUT2D eigenvalue weighted by Gasteiger charge is -2.11. The second kappa shape index (κ2) is 19.1. The molecule has 0 atom stereocenters. The highest BCUT2D eigenvalue weighted by Crippen LogP contribution is 2.15. The molecule has 0 saturated carbocycles. The van der Waals surface area contributed by atoms with E-state index in [4.69, 9.17) is 0 Å². The third kappa shape index (κ3) is 14.1. The molecule has 1 aromatic carbocycles. The monoisotopic (exact) mass is 478 g/mol. The van der Waals surface area contributed by atoms with Crippen molar-refractivity contribution < 1.29 is 4.68 Å². The summed E-state index contributed by atoms with van der Waals surface area (Å²) in [5.74, 6) is 0. The van der Waals surface area contributed by atoms with Crippen LogP contribution in [0.25, 0.3) is 12.2 Å². The van der Waals surface area contributed by atoms with Crippen molar-refractivity contribution >= 4 is 17.8 Å². The summed E-state index contributed by atoms with van der Waals surface area (Å²) in [6.45, 7) is 3.32. The van der Waals surface area contributed by atoms with Gasteiger partial charge < -0.3 is 4.90 Å². The molecule has 0 aliphatic heterocycles. The molecule has 0 aliphatic carbocycles. The number of anilines is 1. The Hall–Kier alpha value is -2.16. The van der Waals surface area contributed by atoms with Crippen molar-refractivity contribution in [2.24, 2.45) is 0 Å². The predicted octanol–water partition coefficient (Wildman–Crippen LogP) is 8.87. The van der Waals surface area contributed by atoms with Gasteiger partial charge in [-0.1, -0.05) is 126 Å². The predicted molar refractivity (Wildman–Crippen MR) is 154 cm³/mol. The van der Waals surface area contributed by atoms with Gasteiger partial charge in [-0.3, -0.25) is 0 Å². The summed E-state index contributed by atoms with van der Waals surface area (Å²) in [7, 11) is 4.13. The lowest BCUT2D eigenvalue weighted by Crippen LogP contribution is -2.37. The highest BCUT2D eigenvalue weighted by atomic mass is 15.2. The summed E-state index contributed by atoms with van der Waals surface area (Å²) >= 11 is 0. The quantitative estimate of drug-likeness (QED) is 0.140. The zero-order chi connectivity index (χ0) is 25.0. The van der Waals surface area contributed by atoms with E-state index >= 15 is 0 Å². The molecule has 0 radical (unpaired) electrons. The van der Waals surface area contributed by atoms with E-state index in [1.54, 1.807) is 0 Å². The average molecular weight is 479 g/mol. The van der Waals surface area contributed by atoms with E-state index in [2.05, 4.69) is 84.4 Å². The SMILES string of the molecule is CCCCCCCCCCCCCCCCCC[n+]1ccc(/C=C/c2ccc(N(C)C)cc2)cn1. The van der Waals surface area contributed by atoms with Crippen LogP contribution in [-0.4, -0.2) is 19.2 Å². The number of rotatable bonds is 20. The van der Waals surface area contributed by atoms with E-state index < -0.39 is 0 Å². The summed E-state index contributed by atoms with van der Waals surface area (Å²) < 4.78 is 2.08. The van der Waals surface area contributed by atoms with Crippen LogP contribution >= 0.6 is 0 Å². The summed E-state index contributed by atoms with van der Waals surface area (Å²) in [6, 6.07) is 10.8. The number of aromatic nitrogens is 2. The summed E-state index contributed by atoms with van der Waals surface area (Å²) in [6.07, 6.45) is 30.9. The Morgan fingerprint density at radius 3 is 1.57 bits per heavy atom. The molecular weight excluding hydrogens is 426 g/mol. The molecule has 0 aliphatic rings. The fourth-order valence-corrected chi connectivity index (χ4v) is 4.52. The van der Waals surface area contributed by atoms with Gasteiger partial charge in [-0.05, 0) is 29.2 Å². The summed E-state index contributed by atoms with van der Waals surface area (Å²) in [5.41, 5.74) is 3.57. The van der Waals surface area contributed by atoms with Gasteiger partial charge in [-0.25, -0.2) is 0 Å². The third-order valence-electron chi connectivity index (χ3n) is 6.91. The third-order valence-corrected chi connectivity index (χ3v) is 6.91. The first-order valence-electron chi connectivity index (χ1n) is 14.5. The first kappa shape index (κ1) is 29.1. The van der Waals surface area contributed by atoms with Gasteiger partial charge in [0.25, 0.3) is 0 Å². The zero-order valence-electron chi connectivity index (χ0n) is 23.1. The van der Waals surface area contributed by atoms with Crippen molar-refractivity contribution in [3.63, 3.8) is 0 Å². The van der Waals surface area contributed by atoms with Gasteiger partial charge in [0.1, 0.15) is 6.20 Å². The Morgan fingerprint density at radius 2 is 1.11 bits per heavy atom. The molecule has 3 nitrogen and oxygen atoms in total. The van der Waals surface area contributed by atoms with Crippen LogP contribution in [0.3, 0.4) is 0 Å². The molecule has 3 heteroatoms. The summed E-state index contributed by atoms with van der Waals surface area (Å²) in [5, 5.41) is 4.59. The van der Waals surface area contributed by atoms with Gasteiger partial charge in [-0.2, -0.15) is 0 Å². The fraction of sp³-hybridized carbons (Fsp3) is 0.625. The highest BCUT2D eigenvalue weighted by Gasteiger charge is 2.02. The lowest BCUT2D eigenvalue weighted by molar-refractivity contribution is -0.754. The number of hydrogen-bond acceptors (Lipinski definition) is 2. The van der Waals surface area contributed by atoms with E-state index in [0.29, 0.717) is 0 Å². The van der Waals surface area contributed by atoms with Gasteiger partial charge >= 0.3 is 0 Å². The molecule has 194 valence electrons. The van der Waals surface area contributed by atoms with Crippen molar-refractivity contribution in [2.75, 3.05) is 19.0 Å². The molecule has 35 heavy (non-hydrogen) atoms. The van der Waals surface area contributed by atoms with Crippen molar-refractivity contribution in [3.05, 3.63) is 53.9 Å². The molecule has 0 fully saturated rings. The minimum Gasteiger partial charge on any atom is -0.378 e. The van der Waals surface area contributed by atoms with Gasteiger partial charge in [-0.15, -0.1) is 0 Å². The van der Waals surface area contributed by atoms with E-state index in [9.17, 15) is 0 Å². The lowest BCUT2D eigenvalue weighted by atomic mass is 10.0. The van der Waals surface area contributed by atoms with Gasteiger partial charge in [0.05, 0.1) is 0 Å². The smallest absolute Gasteiger partial charge is 0.196 e. The maximum atomic E-state index is 4.59. The van der Waals surface area contributed by atoms with Crippen LogP contribution < -0.4 is 9.58 Å². The van der Waals surface area contributed by atoms with Crippen LogP contribution in [0.2, 0.25) is 0 Å². The minimum atomic E-state index is 1.02. The number of unbranched alkanes of at least 4 members (excludes halogenated alkanes) is 15. The Kier molecular flexibility index (Phi) is 15.8. The standard InChI is InChI=1S/C32H52N3/c1-4-5-6-7-8-9-10-11-12-13-14-15-16-17-18-19-27-35-28-26-31(29-33-35)21-20-30-22-24-32(25-23-30)34(2)3/h20-26,28-29H,4-19,27H2,1-3H3/q+1. The number of benzene rings is 1. The van der Waals surface area contributed by atoms with Gasteiger partial charge in [0.2, 0.25) is 0 Å². The molecule has 0 bridgehead atoms. The normalized spacial score (nSPS) is 11.4. The summed E-state index contributed by atoms with van der Waals surface area (Å²) in [4.78, 5) is 2.12. The largest absolute Gasteiger partial charge is 0.378 e. The topological polar surface area (TPSA) is 20.0 Å². The van der Waals surface area contributed by atoms with Crippen LogP contribution in [-0.2, 0) is 6.54 Å². The van der Waals surface area contributed by atoms with Crippen LogP contribution in [0, 0.1) is 0 Å². The molecule has 1 aromatic heterocycles. The Bertz CT molecular complexity index is 777. The van der Waals surface area contributed by atoms with Crippen molar-refractivity contribution in [3.8, 4) is 0 Å². The molecule has 0 N–H and O–H groups in total. The van der Waals surface area contributed by atoms with Crippen LogP contribution in [0.1, 0.15) is 121 Å². The van der Waals surface area contributed by atoms with Crippen molar-refractivity contribution in [2.45, 2.75) is 116 Å². The molecule has 2 rings (SSSR count). The Labute approximate surface area is 216 Å². The molecule has 1 heterocycles. The molecule has 2 aromatic rings. The average Bonchev–Trinajstić information content (AvgIpc) is 2.88. The molecule has 0 spiro atoms.